The molecule has 0 aliphatic heterocycles. The van der Waals surface area contributed by atoms with Crippen molar-refractivity contribution in [2.24, 2.45) is 0 Å². The van der Waals surface area contributed by atoms with Gasteiger partial charge in [0.05, 0.1) is 15.9 Å². The van der Waals surface area contributed by atoms with Crippen LogP contribution in [0.3, 0.4) is 0 Å². The monoisotopic (exact) mass is 445 g/mol. The third-order valence-corrected chi connectivity index (χ3v) is 5.94. The quantitative estimate of drug-likeness (QED) is 0.413. The van der Waals surface area contributed by atoms with Gasteiger partial charge in [0, 0.05) is 48.6 Å². The van der Waals surface area contributed by atoms with Crippen LogP contribution in [0.15, 0.2) is 54.9 Å². The summed E-state index contributed by atoms with van der Waals surface area (Å²) in [5.41, 5.74) is 5.14. The number of amides is 2. The van der Waals surface area contributed by atoms with E-state index in [4.69, 9.17) is 0 Å². The van der Waals surface area contributed by atoms with Gasteiger partial charge in [0.15, 0.2) is 5.13 Å². The summed E-state index contributed by atoms with van der Waals surface area (Å²) in [6.45, 7) is 4.25. The molecule has 0 saturated heterocycles. The van der Waals surface area contributed by atoms with Crippen molar-refractivity contribution in [3.63, 3.8) is 0 Å². The number of hydrogen-bond acceptors (Lipinski definition) is 6. The minimum atomic E-state index is -0.285. The average molecular weight is 446 g/mol. The summed E-state index contributed by atoms with van der Waals surface area (Å²) in [6.07, 6.45) is 4.38. The van der Waals surface area contributed by atoms with Gasteiger partial charge >= 0.3 is 6.03 Å². The molecule has 0 unspecified atom stereocenters. The first-order valence-corrected chi connectivity index (χ1v) is 11.3. The van der Waals surface area contributed by atoms with Crippen molar-refractivity contribution in [2.75, 3.05) is 11.9 Å². The summed E-state index contributed by atoms with van der Waals surface area (Å²) in [7, 11) is 0. The van der Waals surface area contributed by atoms with Crippen LogP contribution >= 0.6 is 11.3 Å². The molecule has 7 nitrogen and oxygen atoms in total. The molecule has 0 aliphatic carbocycles. The predicted molar refractivity (Wildman–Crippen MR) is 128 cm³/mol. The number of urea groups is 1. The fourth-order valence-corrected chi connectivity index (χ4v) is 4.26. The third-order valence-electron chi connectivity index (χ3n) is 4.92. The minimum absolute atomic E-state index is 0.165. The van der Waals surface area contributed by atoms with Crippen LogP contribution in [0.4, 0.5) is 9.93 Å². The number of rotatable bonds is 7. The third kappa shape index (κ3) is 4.81. The Bertz CT molecular complexity index is 1250. The zero-order valence-electron chi connectivity index (χ0n) is 17.9. The zero-order valence-corrected chi connectivity index (χ0v) is 18.7. The summed E-state index contributed by atoms with van der Waals surface area (Å²) in [6, 6.07) is 13.4. The second-order valence-corrected chi connectivity index (χ2v) is 8.20. The van der Waals surface area contributed by atoms with Crippen molar-refractivity contribution < 1.29 is 9.59 Å². The molecular weight excluding hydrogens is 422 g/mol. The molecule has 2 N–H and O–H groups in total. The highest BCUT2D eigenvalue weighted by Crippen LogP contribution is 2.38. The number of fused-ring (bicyclic) bond motifs is 1. The Morgan fingerprint density at radius 3 is 2.59 bits per heavy atom. The molecule has 2 amide bonds. The molecule has 4 aromatic rings. The maximum absolute atomic E-state index is 12.0. The number of Topliss-reactive ketones (excluding diaryl/α,β-unsaturated/α-hetero) is 1. The van der Waals surface area contributed by atoms with Gasteiger partial charge < -0.3 is 5.32 Å². The number of ketones is 1. The SMILES string of the molecule is CCNC(=O)Nc1nc2cc(-c3ccc(CC(=O)CC)nc3)cc(-c3ccccn3)c2s1. The Morgan fingerprint density at radius 1 is 1.03 bits per heavy atom. The van der Waals surface area contributed by atoms with Crippen molar-refractivity contribution in [1.82, 2.24) is 20.3 Å². The molecule has 8 heteroatoms. The van der Waals surface area contributed by atoms with Crippen molar-refractivity contribution in [1.29, 1.82) is 0 Å². The molecule has 3 heterocycles. The van der Waals surface area contributed by atoms with Crippen molar-refractivity contribution in [3.8, 4) is 22.4 Å². The maximum Gasteiger partial charge on any atom is 0.321 e. The molecule has 0 saturated carbocycles. The first kappa shape index (κ1) is 21.6. The molecule has 32 heavy (non-hydrogen) atoms. The second-order valence-electron chi connectivity index (χ2n) is 7.20. The van der Waals surface area contributed by atoms with Gasteiger partial charge in [-0.2, -0.15) is 0 Å². The standard InChI is InChI=1S/C24H23N5O2S/c1-3-18(30)13-17-9-8-15(14-27-17)16-11-19(20-7-5-6-10-26-20)22-21(12-16)28-24(32-22)29-23(31)25-4-2/h5-12,14H,3-4,13H2,1-2H3,(H2,25,28,29,31). The first-order chi connectivity index (χ1) is 15.6. The van der Waals surface area contributed by atoms with E-state index < -0.39 is 0 Å². The molecule has 162 valence electrons. The summed E-state index contributed by atoms with van der Waals surface area (Å²) in [5, 5.41) is 6.03. The van der Waals surface area contributed by atoms with Crippen LogP contribution in [0.1, 0.15) is 26.0 Å². The van der Waals surface area contributed by atoms with E-state index in [1.165, 1.54) is 11.3 Å². The molecule has 0 spiro atoms. The molecule has 0 aliphatic rings. The Morgan fingerprint density at radius 2 is 1.91 bits per heavy atom. The Labute approximate surface area is 190 Å². The van der Waals surface area contributed by atoms with Crippen LogP contribution in [-0.2, 0) is 11.2 Å². The Balaban J connectivity index is 1.76. The topological polar surface area (TPSA) is 96.9 Å². The number of nitrogens with zero attached hydrogens (tertiary/aromatic N) is 3. The second kappa shape index (κ2) is 9.65. The smallest absolute Gasteiger partial charge is 0.321 e. The molecule has 4 rings (SSSR count). The van der Waals surface area contributed by atoms with Gasteiger partial charge in [-0.15, -0.1) is 0 Å². The van der Waals surface area contributed by atoms with E-state index in [2.05, 4.69) is 31.7 Å². The molecule has 0 fully saturated rings. The number of carbonyl (C=O) groups excluding carboxylic acids is 2. The van der Waals surface area contributed by atoms with Crippen molar-refractivity contribution in [2.45, 2.75) is 26.7 Å². The lowest BCUT2D eigenvalue weighted by molar-refractivity contribution is -0.118. The number of pyridine rings is 2. The lowest BCUT2D eigenvalue weighted by Crippen LogP contribution is -2.28. The zero-order chi connectivity index (χ0) is 22.5. The number of hydrogen-bond donors (Lipinski definition) is 2. The summed E-state index contributed by atoms with van der Waals surface area (Å²) in [5.74, 6) is 0.165. The van der Waals surface area contributed by atoms with E-state index in [9.17, 15) is 9.59 Å². The number of anilines is 1. The summed E-state index contributed by atoms with van der Waals surface area (Å²) < 4.78 is 0.942. The first-order valence-electron chi connectivity index (χ1n) is 10.4. The summed E-state index contributed by atoms with van der Waals surface area (Å²) >= 11 is 1.41. The molecule has 3 aromatic heterocycles. The number of carbonyl (C=O) groups is 2. The van der Waals surface area contributed by atoms with Gasteiger partial charge in [0.1, 0.15) is 5.78 Å². The molecule has 0 radical (unpaired) electrons. The van der Waals surface area contributed by atoms with Gasteiger partial charge in [-0.25, -0.2) is 9.78 Å². The largest absolute Gasteiger partial charge is 0.338 e. The highest BCUT2D eigenvalue weighted by molar-refractivity contribution is 7.22. The van der Waals surface area contributed by atoms with Crippen LogP contribution < -0.4 is 10.6 Å². The number of aromatic nitrogens is 3. The fraction of sp³-hybridized carbons (Fsp3) is 0.208. The van der Waals surface area contributed by atoms with E-state index >= 15 is 0 Å². The highest BCUT2D eigenvalue weighted by Gasteiger charge is 2.15. The fourth-order valence-electron chi connectivity index (χ4n) is 3.29. The highest BCUT2D eigenvalue weighted by atomic mass is 32.1. The number of nitrogens with one attached hydrogen (secondary N) is 2. The molecule has 0 atom stereocenters. The van der Waals surface area contributed by atoms with E-state index in [0.717, 1.165) is 38.3 Å². The minimum Gasteiger partial charge on any atom is -0.338 e. The normalized spacial score (nSPS) is 10.8. The van der Waals surface area contributed by atoms with E-state index in [1.807, 2.05) is 50.2 Å². The summed E-state index contributed by atoms with van der Waals surface area (Å²) in [4.78, 5) is 37.3. The van der Waals surface area contributed by atoms with Crippen LogP contribution in [0, 0.1) is 0 Å². The van der Waals surface area contributed by atoms with E-state index in [0.29, 0.717) is 24.5 Å². The lowest BCUT2D eigenvalue weighted by Gasteiger charge is -2.08. The van der Waals surface area contributed by atoms with Crippen LogP contribution in [0.25, 0.3) is 32.6 Å². The van der Waals surface area contributed by atoms with Gasteiger partial charge in [-0.3, -0.25) is 20.1 Å². The maximum atomic E-state index is 12.0. The van der Waals surface area contributed by atoms with Gasteiger partial charge in [0.25, 0.3) is 0 Å². The van der Waals surface area contributed by atoms with Gasteiger partial charge in [-0.05, 0) is 42.8 Å². The lowest BCUT2D eigenvalue weighted by atomic mass is 10.0. The van der Waals surface area contributed by atoms with Crippen LogP contribution in [-0.4, -0.2) is 33.3 Å². The predicted octanol–water partition coefficient (Wildman–Crippen LogP) is 5.08. The Hall–Kier alpha value is -3.65. The number of benzene rings is 1. The van der Waals surface area contributed by atoms with E-state index in [1.54, 1.807) is 12.4 Å². The Kier molecular flexibility index (Phi) is 6.51. The molecular formula is C24H23N5O2S. The van der Waals surface area contributed by atoms with Gasteiger partial charge in [-0.1, -0.05) is 30.4 Å². The average Bonchev–Trinajstić information content (AvgIpc) is 3.21. The molecule has 1 aromatic carbocycles. The van der Waals surface area contributed by atoms with Crippen LogP contribution in [0.5, 0.6) is 0 Å². The van der Waals surface area contributed by atoms with Crippen molar-refractivity contribution in [3.05, 3.63) is 60.6 Å². The van der Waals surface area contributed by atoms with Crippen molar-refractivity contribution >= 4 is 38.5 Å². The van der Waals surface area contributed by atoms with Crippen LogP contribution in [0.2, 0.25) is 0 Å². The van der Waals surface area contributed by atoms with E-state index in [-0.39, 0.29) is 11.8 Å². The molecule has 0 bridgehead atoms. The number of thiazole rings is 1. The van der Waals surface area contributed by atoms with Gasteiger partial charge in [0.2, 0.25) is 0 Å².